The largest absolute Gasteiger partial charge is 0.384 e. The van der Waals surface area contributed by atoms with E-state index in [4.69, 9.17) is 20.7 Å². The lowest BCUT2D eigenvalue weighted by molar-refractivity contribution is -0.0789. The lowest BCUT2D eigenvalue weighted by atomic mass is 10.1. The quantitative estimate of drug-likeness (QED) is 0.740. The third-order valence-electron chi connectivity index (χ3n) is 5.33. The van der Waals surface area contributed by atoms with Gasteiger partial charge in [0.1, 0.15) is 11.4 Å². The Morgan fingerprint density at radius 1 is 1.31 bits per heavy atom. The van der Waals surface area contributed by atoms with E-state index in [2.05, 4.69) is 10.3 Å². The molecule has 1 N–H and O–H groups in total. The van der Waals surface area contributed by atoms with Crippen molar-refractivity contribution in [3.8, 4) is 0 Å². The van der Waals surface area contributed by atoms with Crippen LogP contribution < -0.4 is 15.6 Å². The van der Waals surface area contributed by atoms with E-state index in [-0.39, 0.29) is 28.2 Å². The van der Waals surface area contributed by atoms with E-state index < -0.39 is 22.8 Å². The lowest BCUT2D eigenvalue weighted by Gasteiger charge is -2.23. The number of fused-ring (bicyclic) bond motifs is 1. The fourth-order valence-electron chi connectivity index (χ4n) is 3.75. The maximum absolute atomic E-state index is 14.9. The van der Waals surface area contributed by atoms with E-state index in [0.29, 0.717) is 18.6 Å². The van der Waals surface area contributed by atoms with Gasteiger partial charge in [-0.1, -0.05) is 11.6 Å². The summed E-state index contributed by atoms with van der Waals surface area (Å²) in [4.78, 5) is 29.3. The Hall–Kier alpha value is -2.33. The number of carbonyl (C=O) groups excluding carboxylic acids is 1. The Morgan fingerprint density at radius 3 is 2.55 bits per heavy atom. The molecule has 1 unspecified atom stereocenters. The van der Waals surface area contributed by atoms with Crippen LogP contribution in [0.25, 0.3) is 10.9 Å². The third-order valence-corrected chi connectivity index (χ3v) is 5.68. The van der Waals surface area contributed by atoms with Gasteiger partial charge in [-0.3, -0.25) is 4.79 Å². The SMILES string of the molecule is CNC1CCN(c2c(F)cc3c(=O)c(C(=O)OF)cn(C4CC4)c3c2Cl)C1.FF. The highest BCUT2D eigenvalue weighted by Gasteiger charge is 2.32. The molecule has 1 aliphatic heterocycles. The van der Waals surface area contributed by atoms with E-state index in [1.54, 1.807) is 4.57 Å². The first-order chi connectivity index (χ1) is 14.0. The third kappa shape index (κ3) is 3.78. The van der Waals surface area contributed by atoms with Gasteiger partial charge in [-0.2, -0.15) is 0 Å². The highest BCUT2D eigenvalue weighted by atomic mass is 35.5. The zero-order valence-electron chi connectivity index (χ0n) is 15.4. The van der Waals surface area contributed by atoms with Gasteiger partial charge in [0.2, 0.25) is 5.43 Å². The van der Waals surface area contributed by atoms with Gasteiger partial charge >= 0.3 is 5.97 Å². The Labute approximate surface area is 167 Å². The number of pyridine rings is 1. The van der Waals surface area contributed by atoms with E-state index in [1.165, 1.54) is 6.20 Å². The molecule has 1 atom stereocenters. The zero-order valence-corrected chi connectivity index (χ0v) is 16.1. The van der Waals surface area contributed by atoms with Gasteiger partial charge in [0.05, 0.1) is 21.6 Å². The number of hydrogen-bond donors (Lipinski definition) is 1. The zero-order chi connectivity index (χ0) is 21.3. The molecule has 2 aliphatic rings. The molecule has 29 heavy (non-hydrogen) atoms. The van der Waals surface area contributed by atoms with Crippen LogP contribution in [-0.4, -0.2) is 36.7 Å². The minimum Gasteiger partial charge on any atom is -0.366 e. The second kappa shape index (κ2) is 8.58. The Kier molecular flexibility index (Phi) is 6.33. The summed E-state index contributed by atoms with van der Waals surface area (Å²) >= 11 is 6.58. The second-order valence-corrected chi connectivity index (χ2v) is 7.39. The molecule has 1 aromatic heterocycles. The number of hydrogen-bond acceptors (Lipinski definition) is 5. The summed E-state index contributed by atoms with van der Waals surface area (Å²) < 4.78 is 45.0. The summed E-state index contributed by atoms with van der Waals surface area (Å²) in [6.07, 6.45) is 3.77. The van der Waals surface area contributed by atoms with Gasteiger partial charge in [0, 0.05) is 45.0 Å². The molecule has 0 spiro atoms. The Morgan fingerprint density at radius 2 is 2.00 bits per heavy atom. The summed E-state index contributed by atoms with van der Waals surface area (Å²) in [5.74, 6) is -2.04. The molecular weight excluding hydrogens is 418 g/mol. The maximum atomic E-state index is 14.9. The molecule has 6 nitrogen and oxygen atoms in total. The van der Waals surface area contributed by atoms with Crippen molar-refractivity contribution in [2.24, 2.45) is 0 Å². The molecule has 1 aliphatic carbocycles. The topological polar surface area (TPSA) is 63.6 Å². The molecule has 0 bridgehead atoms. The molecule has 2 heterocycles. The molecule has 1 saturated carbocycles. The van der Waals surface area contributed by atoms with Crippen molar-refractivity contribution in [1.82, 2.24) is 9.88 Å². The van der Waals surface area contributed by atoms with Crippen LogP contribution in [0.4, 0.5) is 23.8 Å². The average Bonchev–Trinajstić information content (AvgIpc) is 3.47. The van der Waals surface area contributed by atoms with Crippen LogP contribution in [0.3, 0.4) is 0 Å². The van der Waals surface area contributed by atoms with Gasteiger partial charge < -0.3 is 14.8 Å². The minimum absolute atomic E-state index is 0.0266. The summed E-state index contributed by atoms with van der Waals surface area (Å²) in [5, 5.41) is 3.24. The first-order valence-corrected chi connectivity index (χ1v) is 9.30. The van der Waals surface area contributed by atoms with E-state index in [0.717, 1.165) is 25.3 Å². The van der Waals surface area contributed by atoms with Crippen molar-refractivity contribution < 1.29 is 27.8 Å². The molecule has 0 radical (unpaired) electrons. The summed E-state index contributed by atoms with van der Waals surface area (Å²) in [5.41, 5.74) is -0.664. The molecule has 4 rings (SSSR count). The number of nitrogens with zero attached hydrogens (tertiary/aromatic N) is 2. The van der Waals surface area contributed by atoms with Gasteiger partial charge in [0.25, 0.3) is 0 Å². The average molecular weight is 436 g/mol. The monoisotopic (exact) mass is 435 g/mol. The van der Waals surface area contributed by atoms with Crippen molar-refractivity contribution in [3.63, 3.8) is 0 Å². The number of aromatic nitrogens is 1. The van der Waals surface area contributed by atoms with Crippen LogP contribution in [-0.2, 0) is 4.94 Å². The molecule has 11 heteroatoms. The highest BCUT2D eigenvalue weighted by Crippen LogP contribution is 2.42. The highest BCUT2D eigenvalue weighted by molar-refractivity contribution is 6.38. The molecule has 158 valence electrons. The van der Waals surface area contributed by atoms with Crippen molar-refractivity contribution in [2.45, 2.75) is 31.3 Å². The number of carbonyl (C=O) groups is 1. The smallest absolute Gasteiger partial charge is 0.366 e. The van der Waals surface area contributed by atoms with Crippen molar-refractivity contribution in [3.05, 3.63) is 38.9 Å². The number of nitrogens with one attached hydrogen (secondary N) is 1. The molecule has 2 aromatic rings. The van der Waals surface area contributed by atoms with Crippen LogP contribution in [0.1, 0.15) is 35.7 Å². The van der Waals surface area contributed by atoms with Gasteiger partial charge in [0.15, 0.2) is 0 Å². The number of benzene rings is 1. The minimum atomic E-state index is -1.40. The van der Waals surface area contributed by atoms with Crippen LogP contribution >= 0.6 is 11.6 Å². The van der Waals surface area contributed by atoms with Gasteiger partial charge in [-0.25, -0.2) is 14.1 Å². The van der Waals surface area contributed by atoms with Crippen molar-refractivity contribution in [1.29, 1.82) is 0 Å². The van der Waals surface area contributed by atoms with Crippen LogP contribution in [0, 0.1) is 5.82 Å². The summed E-state index contributed by atoms with van der Waals surface area (Å²) in [6.45, 7) is 1.23. The van der Waals surface area contributed by atoms with Crippen molar-refractivity contribution in [2.75, 3.05) is 25.0 Å². The lowest BCUT2D eigenvalue weighted by Crippen LogP contribution is -2.30. The predicted octanol–water partition coefficient (Wildman–Crippen LogP) is 3.81. The molecular formula is C18H18ClF4N3O3. The van der Waals surface area contributed by atoms with E-state index >= 15 is 0 Å². The molecule has 1 saturated heterocycles. The van der Waals surface area contributed by atoms with Gasteiger partial charge in [-0.05, 0) is 32.4 Å². The van der Waals surface area contributed by atoms with E-state index in [9.17, 15) is 18.5 Å². The normalized spacial score (nSPS) is 18.6. The molecule has 2 fully saturated rings. The molecule has 0 amide bonds. The van der Waals surface area contributed by atoms with Gasteiger partial charge in [-0.15, -0.1) is 0 Å². The van der Waals surface area contributed by atoms with E-state index in [1.807, 2.05) is 11.9 Å². The summed E-state index contributed by atoms with van der Waals surface area (Å²) in [7, 11) is 1.85. The Balaban J connectivity index is 0.00000117. The van der Waals surface area contributed by atoms with Crippen LogP contribution in [0.5, 0.6) is 0 Å². The number of likely N-dealkylation sites (N-methyl/N-ethyl adjacent to an activating group) is 1. The van der Waals surface area contributed by atoms with Crippen LogP contribution in [0.2, 0.25) is 5.02 Å². The fraction of sp³-hybridized carbons (Fsp3) is 0.444. The first kappa shape index (κ1) is 21.4. The second-order valence-electron chi connectivity index (χ2n) is 7.01. The maximum Gasteiger partial charge on any atom is 0.384 e. The summed E-state index contributed by atoms with van der Waals surface area (Å²) in [6, 6.07) is 1.33. The number of anilines is 1. The fourth-order valence-corrected chi connectivity index (χ4v) is 4.16. The number of halogens is 5. The Bertz CT molecular complexity index is 997. The van der Waals surface area contributed by atoms with Crippen molar-refractivity contribution >= 4 is 34.2 Å². The first-order valence-electron chi connectivity index (χ1n) is 8.92. The predicted molar refractivity (Wildman–Crippen MR) is 99.9 cm³/mol. The number of rotatable bonds is 4. The standard InChI is InChI=1S/C18H18ClF2N3O3.F2/c1-22-9-4-5-23(7-9)16-13(20)6-11-15(14(16)19)24(10-2-3-10)8-12(17(11)25)18(26)27-21;1-2/h6,8-10,22H,2-5,7H2,1H3;. The molecule has 1 aromatic carbocycles. The van der Waals surface area contributed by atoms with Crippen LogP contribution in [0.15, 0.2) is 17.1 Å².